The van der Waals surface area contributed by atoms with E-state index < -0.39 is 15.8 Å². The van der Waals surface area contributed by atoms with Gasteiger partial charge < -0.3 is 4.74 Å². The van der Waals surface area contributed by atoms with Gasteiger partial charge >= 0.3 is 0 Å². The number of piperazine rings is 1. The van der Waals surface area contributed by atoms with Crippen molar-refractivity contribution in [1.29, 1.82) is 0 Å². The minimum Gasteiger partial charge on any atom is -0.497 e. The summed E-state index contributed by atoms with van der Waals surface area (Å²) in [6.45, 7) is 2.89. The highest BCUT2D eigenvalue weighted by Gasteiger charge is 2.28. The normalized spacial score (nSPS) is 16.7. The molecule has 0 bridgehead atoms. The van der Waals surface area contributed by atoms with Crippen molar-refractivity contribution in [3.05, 3.63) is 59.9 Å². The molecule has 0 amide bonds. The molecule has 2 aromatic rings. The molecule has 1 fully saturated rings. The van der Waals surface area contributed by atoms with Crippen LogP contribution in [-0.2, 0) is 16.6 Å². The van der Waals surface area contributed by atoms with Crippen LogP contribution in [0.15, 0.2) is 53.4 Å². The summed E-state index contributed by atoms with van der Waals surface area (Å²) >= 11 is 0. The second-order valence-electron chi connectivity index (χ2n) is 5.99. The molecule has 0 aliphatic carbocycles. The Hall–Kier alpha value is -1.96. The average Bonchev–Trinajstić information content (AvgIpc) is 2.63. The minimum absolute atomic E-state index is 0.134. The molecule has 134 valence electrons. The maximum Gasteiger partial charge on any atom is 0.243 e. The van der Waals surface area contributed by atoms with Gasteiger partial charge in [-0.2, -0.15) is 4.31 Å². The van der Waals surface area contributed by atoms with Crippen LogP contribution < -0.4 is 4.74 Å². The molecule has 7 heteroatoms. The van der Waals surface area contributed by atoms with Crippen molar-refractivity contribution in [2.75, 3.05) is 33.3 Å². The van der Waals surface area contributed by atoms with Crippen molar-refractivity contribution in [3.63, 3.8) is 0 Å². The molecular formula is C18H21FN2O3S. The summed E-state index contributed by atoms with van der Waals surface area (Å²) in [5.41, 5.74) is 1.13. The number of rotatable bonds is 5. The number of hydrogen-bond donors (Lipinski definition) is 0. The van der Waals surface area contributed by atoms with Crippen molar-refractivity contribution >= 4 is 10.0 Å². The fraction of sp³-hybridized carbons (Fsp3) is 0.333. The summed E-state index contributed by atoms with van der Waals surface area (Å²) < 4.78 is 44.9. The van der Waals surface area contributed by atoms with Gasteiger partial charge in [-0.1, -0.05) is 12.1 Å². The van der Waals surface area contributed by atoms with E-state index in [4.69, 9.17) is 4.74 Å². The maximum absolute atomic E-state index is 13.0. The van der Waals surface area contributed by atoms with Gasteiger partial charge in [0.1, 0.15) is 11.6 Å². The van der Waals surface area contributed by atoms with Crippen LogP contribution in [0.3, 0.4) is 0 Å². The molecule has 1 saturated heterocycles. The Morgan fingerprint density at radius 1 is 1.04 bits per heavy atom. The molecule has 1 aliphatic heterocycles. The third-order valence-electron chi connectivity index (χ3n) is 4.32. The predicted molar refractivity (Wildman–Crippen MR) is 93.4 cm³/mol. The summed E-state index contributed by atoms with van der Waals surface area (Å²) in [6.07, 6.45) is 0. The standard InChI is InChI=1S/C18H21FN2O3S/c1-24-17-4-2-3-15(13-17)14-20-9-11-21(12-10-20)25(22,23)18-7-5-16(19)6-8-18/h2-8,13H,9-12,14H2,1H3. The van der Waals surface area contributed by atoms with Crippen molar-refractivity contribution in [1.82, 2.24) is 9.21 Å². The number of nitrogens with zero attached hydrogens (tertiary/aromatic N) is 2. The quantitative estimate of drug-likeness (QED) is 0.817. The minimum atomic E-state index is -3.57. The Morgan fingerprint density at radius 2 is 1.72 bits per heavy atom. The molecule has 1 aliphatic rings. The first-order valence-corrected chi connectivity index (χ1v) is 9.54. The molecule has 1 heterocycles. The van der Waals surface area contributed by atoms with E-state index in [1.165, 1.54) is 28.6 Å². The number of halogens is 1. The van der Waals surface area contributed by atoms with Gasteiger partial charge in [0.15, 0.2) is 0 Å². The van der Waals surface area contributed by atoms with E-state index in [0.29, 0.717) is 26.2 Å². The number of hydrogen-bond acceptors (Lipinski definition) is 4. The van der Waals surface area contributed by atoms with Gasteiger partial charge in [0.25, 0.3) is 0 Å². The largest absolute Gasteiger partial charge is 0.497 e. The Labute approximate surface area is 147 Å². The van der Waals surface area contributed by atoms with Gasteiger partial charge in [-0.05, 0) is 42.0 Å². The molecule has 2 aromatic carbocycles. The Morgan fingerprint density at radius 3 is 2.36 bits per heavy atom. The van der Waals surface area contributed by atoms with Crippen LogP contribution in [0.2, 0.25) is 0 Å². The van der Waals surface area contributed by atoms with E-state index in [2.05, 4.69) is 4.90 Å². The van der Waals surface area contributed by atoms with Crippen LogP contribution in [0.1, 0.15) is 5.56 Å². The van der Waals surface area contributed by atoms with Crippen LogP contribution in [0.5, 0.6) is 5.75 Å². The van der Waals surface area contributed by atoms with Gasteiger partial charge in [-0.25, -0.2) is 12.8 Å². The second kappa shape index (κ2) is 7.51. The molecule has 0 aromatic heterocycles. The summed E-state index contributed by atoms with van der Waals surface area (Å²) in [6, 6.07) is 12.8. The van der Waals surface area contributed by atoms with E-state index in [-0.39, 0.29) is 4.90 Å². The zero-order chi connectivity index (χ0) is 17.9. The zero-order valence-electron chi connectivity index (χ0n) is 14.1. The molecule has 0 saturated carbocycles. The van der Waals surface area contributed by atoms with E-state index in [1.807, 2.05) is 24.3 Å². The van der Waals surface area contributed by atoms with Gasteiger partial charge in [0.05, 0.1) is 12.0 Å². The molecule has 25 heavy (non-hydrogen) atoms. The van der Waals surface area contributed by atoms with Crippen LogP contribution in [0, 0.1) is 5.82 Å². The number of ether oxygens (including phenoxy) is 1. The lowest BCUT2D eigenvalue weighted by molar-refractivity contribution is 0.181. The van der Waals surface area contributed by atoms with Gasteiger partial charge in [-0.15, -0.1) is 0 Å². The Bertz CT molecular complexity index is 816. The van der Waals surface area contributed by atoms with Gasteiger partial charge in [0.2, 0.25) is 10.0 Å². The first-order chi connectivity index (χ1) is 12.0. The summed E-state index contributed by atoms with van der Waals surface area (Å²) in [5.74, 6) is 0.372. The predicted octanol–water partition coefficient (Wildman–Crippen LogP) is 2.34. The summed E-state index contributed by atoms with van der Waals surface area (Å²) in [4.78, 5) is 2.35. The molecule has 0 radical (unpaired) electrons. The van der Waals surface area contributed by atoms with Crippen molar-refractivity contribution in [3.8, 4) is 5.75 Å². The lowest BCUT2D eigenvalue weighted by atomic mass is 10.2. The third kappa shape index (κ3) is 4.18. The van der Waals surface area contributed by atoms with Crippen LogP contribution in [0.25, 0.3) is 0 Å². The number of benzene rings is 2. The van der Waals surface area contributed by atoms with Gasteiger partial charge in [-0.3, -0.25) is 4.90 Å². The highest BCUT2D eigenvalue weighted by Crippen LogP contribution is 2.20. The monoisotopic (exact) mass is 364 g/mol. The highest BCUT2D eigenvalue weighted by molar-refractivity contribution is 7.89. The van der Waals surface area contributed by atoms with Crippen molar-refractivity contribution in [2.24, 2.45) is 0 Å². The van der Waals surface area contributed by atoms with E-state index in [9.17, 15) is 12.8 Å². The molecule has 0 spiro atoms. The zero-order valence-corrected chi connectivity index (χ0v) is 14.9. The first kappa shape index (κ1) is 17.8. The fourth-order valence-corrected chi connectivity index (χ4v) is 4.33. The topological polar surface area (TPSA) is 49.9 Å². The lowest BCUT2D eigenvalue weighted by Crippen LogP contribution is -2.48. The van der Waals surface area contributed by atoms with Crippen LogP contribution in [0.4, 0.5) is 4.39 Å². The average molecular weight is 364 g/mol. The molecule has 0 atom stereocenters. The Balaban J connectivity index is 1.62. The van der Waals surface area contributed by atoms with E-state index >= 15 is 0 Å². The molecular weight excluding hydrogens is 343 g/mol. The maximum atomic E-state index is 13.0. The van der Waals surface area contributed by atoms with Gasteiger partial charge in [0, 0.05) is 32.7 Å². The third-order valence-corrected chi connectivity index (χ3v) is 6.24. The molecule has 0 N–H and O–H groups in total. The Kier molecular flexibility index (Phi) is 5.36. The van der Waals surface area contributed by atoms with Crippen molar-refractivity contribution in [2.45, 2.75) is 11.4 Å². The van der Waals surface area contributed by atoms with Crippen LogP contribution >= 0.6 is 0 Å². The fourth-order valence-electron chi connectivity index (χ4n) is 2.91. The molecule has 5 nitrogen and oxygen atoms in total. The summed E-state index contributed by atoms with van der Waals surface area (Å²) in [7, 11) is -1.93. The molecule has 3 rings (SSSR count). The van der Waals surface area contributed by atoms with E-state index in [1.54, 1.807) is 7.11 Å². The van der Waals surface area contributed by atoms with Crippen molar-refractivity contribution < 1.29 is 17.5 Å². The SMILES string of the molecule is COc1cccc(CN2CCN(S(=O)(=O)c3ccc(F)cc3)CC2)c1. The molecule has 0 unspecified atom stereocenters. The van der Waals surface area contributed by atoms with Crippen LogP contribution in [-0.4, -0.2) is 50.9 Å². The summed E-state index contributed by atoms with van der Waals surface area (Å²) in [5, 5.41) is 0. The highest BCUT2D eigenvalue weighted by atomic mass is 32.2. The number of methoxy groups -OCH3 is 1. The smallest absolute Gasteiger partial charge is 0.243 e. The van der Waals surface area contributed by atoms with E-state index in [0.717, 1.165) is 17.9 Å². The lowest BCUT2D eigenvalue weighted by Gasteiger charge is -2.34. The number of sulfonamides is 1. The second-order valence-corrected chi connectivity index (χ2v) is 7.92. The first-order valence-electron chi connectivity index (χ1n) is 8.10.